The number of allylic oxidation sites excluding steroid dienone is 1. The van der Waals surface area contributed by atoms with E-state index in [0.29, 0.717) is 0 Å². The van der Waals surface area contributed by atoms with Crippen LogP contribution in [0.1, 0.15) is 28.5 Å². The molecule has 24 heavy (non-hydrogen) atoms. The number of aryl methyl sites for hydroxylation is 2. The Morgan fingerprint density at radius 3 is 2.88 bits per heavy atom. The first-order valence-electron chi connectivity index (χ1n) is 7.51. The van der Waals surface area contributed by atoms with Crippen LogP contribution in [-0.4, -0.2) is 17.5 Å². The highest BCUT2D eigenvalue weighted by atomic mass is 19.1. The molecule has 1 aromatic heterocycles. The van der Waals surface area contributed by atoms with Crippen molar-refractivity contribution in [3.05, 3.63) is 59.1 Å². The van der Waals surface area contributed by atoms with E-state index in [1.54, 1.807) is 31.2 Å². The second kappa shape index (κ2) is 7.59. The third-order valence-corrected chi connectivity index (χ3v) is 3.52. The third-order valence-electron chi connectivity index (χ3n) is 3.52. The molecule has 1 amide bonds. The molecule has 0 spiro atoms. The van der Waals surface area contributed by atoms with Crippen molar-refractivity contribution in [1.29, 1.82) is 0 Å². The number of nitrogens with two attached hydrogens (primary N) is 1. The topological polar surface area (TPSA) is 77.2 Å². The van der Waals surface area contributed by atoms with E-state index in [4.69, 9.17) is 10.5 Å². The summed E-state index contributed by atoms with van der Waals surface area (Å²) in [6.45, 7) is 5.73. The van der Waals surface area contributed by atoms with Crippen LogP contribution in [0.5, 0.6) is 5.75 Å². The van der Waals surface area contributed by atoms with E-state index in [9.17, 15) is 9.18 Å². The van der Waals surface area contributed by atoms with Crippen LogP contribution < -0.4 is 15.8 Å². The molecule has 0 aliphatic carbocycles. The number of rotatable bonds is 5. The van der Waals surface area contributed by atoms with Gasteiger partial charge in [0.1, 0.15) is 12.4 Å². The van der Waals surface area contributed by atoms with Crippen LogP contribution in [0, 0.1) is 19.7 Å². The molecule has 5 nitrogen and oxygen atoms in total. The molecule has 3 N–H and O–H groups in total. The van der Waals surface area contributed by atoms with E-state index in [0.717, 1.165) is 11.3 Å². The molecule has 0 saturated carbocycles. The number of hydrogen-bond donors (Lipinski definition) is 2. The van der Waals surface area contributed by atoms with Crippen LogP contribution in [0.4, 0.5) is 15.9 Å². The fraction of sp³-hybridized carbons (Fsp3) is 0.222. The number of carbonyl (C=O) groups excluding carboxylic acids is 1. The predicted octanol–water partition coefficient (Wildman–Crippen LogP) is 3.63. The van der Waals surface area contributed by atoms with Gasteiger partial charge in [-0.25, -0.2) is 9.37 Å². The second-order valence-corrected chi connectivity index (χ2v) is 5.28. The molecule has 0 saturated heterocycles. The summed E-state index contributed by atoms with van der Waals surface area (Å²) in [6.07, 6.45) is 3.56. The van der Waals surface area contributed by atoms with Crippen LogP contribution in [-0.2, 0) is 0 Å². The molecular formula is C18H20FN3O2. The minimum atomic E-state index is -0.634. The first-order chi connectivity index (χ1) is 11.4. The number of nitrogens with zero attached hydrogens (tertiary/aromatic N) is 1. The van der Waals surface area contributed by atoms with E-state index in [1.165, 1.54) is 12.1 Å². The maximum atomic E-state index is 14.4. The Morgan fingerprint density at radius 1 is 1.42 bits per heavy atom. The van der Waals surface area contributed by atoms with Crippen LogP contribution in [0.3, 0.4) is 0 Å². The minimum Gasteiger partial charge on any atom is -0.486 e. The quantitative estimate of drug-likeness (QED) is 0.821. The van der Waals surface area contributed by atoms with Crippen molar-refractivity contribution in [3.63, 3.8) is 0 Å². The SMILES string of the molecule is CC=CCOc1cccc(NC(=O)c2cc(C)c(C)nc2N)c1F. The molecule has 1 heterocycles. The van der Waals surface area contributed by atoms with Crippen LogP contribution in [0.15, 0.2) is 36.4 Å². The van der Waals surface area contributed by atoms with E-state index in [2.05, 4.69) is 10.3 Å². The van der Waals surface area contributed by atoms with Gasteiger partial charge in [0.25, 0.3) is 5.91 Å². The number of nitrogen functional groups attached to an aromatic ring is 1. The van der Waals surface area contributed by atoms with Gasteiger partial charge in [0.15, 0.2) is 11.6 Å². The fourth-order valence-electron chi connectivity index (χ4n) is 2.05. The summed E-state index contributed by atoms with van der Waals surface area (Å²) in [7, 11) is 0. The summed E-state index contributed by atoms with van der Waals surface area (Å²) in [6, 6.07) is 6.20. The van der Waals surface area contributed by atoms with Crippen molar-refractivity contribution in [2.24, 2.45) is 0 Å². The summed E-state index contributed by atoms with van der Waals surface area (Å²) in [5, 5.41) is 2.51. The number of benzene rings is 1. The lowest BCUT2D eigenvalue weighted by Gasteiger charge is -2.12. The Morgan fingerprint density at radius 2 is 2.17 bits per heavy atom. The Balaban J connectivity index is 2.23. The van der Waals surface area contributed by atoms with E-state index in [-0.39, 0.29) is 29.4 Å². The van der Waals surface area contributed by atoms with Gasteiger partial charge in [-0.05, 0) is 44.5 Å². The van der Waals surface area contributed by atoms with Crippen LogP contribution in [0.25, 0.3) is 0 Å². The number of ether oxygens (including phenoxy) is 1. The number of anilines is 2. The molecule has 0 atom stereocenters. The predicted molar refractivity (Wildman–Crippen MR) is 92.8 cm³/mol. The van der Waals surface area contributed by atoms with Crippen molar-refractivity contribution in [2.45, 2.75) is 20.8 Å². The lowest BCUT2D eigenvalue weighted by Crippen LogP contribution is -2.17. The Kier molecular flexibility index (Phi) is 5.52. The smallest absolute Gasteiger partial charge is 0.259 e. The number of aromatic nitrogens is 1. The number of pyridine rings is 1. The molecule has 2 aromatic rings. The van der Waals surface area contributed by atoms with Gasteiger partial charge >= 0.3 is 0 Å². The highest BCUT2D eigenvalue weighted by molar-refractivity contribution is 6.07. The number of halogens is 1. The van der Waals surface area contributed by atoms with Crippen LogP contribution in [0.2, 0.25) is 0 Å². The summed E-state index contributed by atoms with van der Waals surface area (Å²) in [5.74, 6) is -0.980. The molecule has 0 unspecified atom stereocenters. The minimum absolute atomic E-state index is 0.0237. The van der Waals surface area contributed by atoms with Gasteiger partial charge in [0, 0.05) is 5.69 Å². The Bertz CT molecular complexity index is 788. The van der Waals surface area contributed by atoms with Gasteiger partial charge in [-0.3, -0.25) is 4.79 Å². The molecule has 126 valence electrons. The molecule has 1 aromatic carbocycles. The van der Waals surface area contributed by atoms with E-state index >= 15 is 0 Å². The largest absolute Gasteiger partial charge is 0.486 e. The van der Waals surface area contributed by atoms with E-state index in [1.807, 2.05) is 13.8 Å². The molecule has 0 fully saturated rings. The zero-order valence-electron chi connectivity index (χ0n) is 13.9. The highest BCUT2D eigenvalue weighted by Gasteiger charge is 2.16. The first-order valence-corrected chi connectivity index (χ1v) is 7.51. The number of hydrogen-bond acceptors (Lipinski definition) is 4. The van der Waals surface area contributed by atoms with Crippen molar-refractivity contribution >= 4 is 17.4 Å². The Hall–Kier alpha value is -2.89. The third kappa shape index (κ3) is 3.90. The standard InChI is InChI=1S/C18H20FN3O2/c1-4-5-9-24-15-8-6-7-14(16(15)19)22-18(23)13-10-11(2)12(3)21-17(13)20/h4-8,10H,9H2,1-3H3,(H2,20,21)(H,22,23). The molecule has 2 rings (SSSR count). The molecule has 6 heteroatoms. The van der Waals surface area contributed by atoms with Gasteiger partial charge < -0.3 is 15.8 Å². The van der Waals surface area contributed by atoms with Gasteiger partial charge in [-0.15, -0.1) is 0 Å². The maximum Gasteiger partial charge on any atom is 0.259 e. The van der Waals surface area contributed by atoms with Gasteiger partial charge in [0.05, 0.1) is 11.3 Å². The lowest BCUT2D eigenvalue weighted by atomic mass is 10.1. The summed E-state index contributed by atoms with van der Waals surface area (Å²) in [4.78, 5) is 16.5. The summed E-state index contributed by atoms with van der Waals surface area (Å²) >= 11 is 0. The first kappa shape index (κ1) is 17.5. The van der Waals surface area contributed by atoms with Crippen molar-refractivity contribution in [3.8, 4) is 5.75 Å². The molecule has 0 radical (unpaired) electrons. The summed E-state index contributed by atoms with van der Waals surface area (Å²) < 4.78 is 19.7. The number of amides is 1. The second-order valence-electron chi connectivity index (χ2n) is 5.28. The molecule has 0 aliphatic rings. The Labute approximate surface area is 140 Å². The van der Waals surface area contributed by atoms with Crippen molar-refractivity contribution in [1.82, 2.24) is 4.98 Å². The lowest BCUT2D eigenvalue weighted by molar-refractivity contribution is 0.102. The average molecular weight is 329 g/mol. The zero-order chi connectivity index (χ0) is 17.7. The summed E-state index contributed by atoms with van der Waals surface area (Å²) in [5.41, 5.74) is 7.60. The van der Waals surface area contributed by atoms with Gasteiger partial charge in [-0.1, -0.05) is 18.2 Å². The molecular weight excluding hydrogens is 309 g/mol. The molecule has 0 aliphatic heterocycles. The van der Waals surface area contributed by atoms with Crippen molar-refractivity contribution in [2.75, 3.05) is 17.7 Å². The van der Waals surface area contributed by atoms with Gasteiger partial charge in [0.2, 0.25) is 0 Å². The number of carbonyl (C=O) groups is 1. The van der Waals surface area contributed by atoms with Crippen molar-refractivity contribution < 1.29 is 13.9 Å². The maximum absolute atomic E-state index is 14.4. The zero-order valence-corrected chi connectivity index (χ0v) is 13.9. The number of nitrogens with one attached hydrogen (secondary N) is 1. The molecule has 0 bridgehead atoms. The normalized spacial score (nSPS) is 10.8. The van der Waals surface area contributed by atoms with Crippen LogP contribution >= 0.6 is 0 Å². The highest BCUT2D eigenvalue weighted by Crippen LogP contribution is 2.25. The van der Waals surface area contributed by atoms with Gasteiger partial charge in [-0.2, -0.15) is 0 Å². The monoisotopic (exact) mass is 329 g/mol. The van der Waals surface area contributed by atoms with E-state index < -0.39 is 11.7 Å². The average Bonchev–Trinajstić information content (AvgIpc) is 2.54. The fourth-order valence-corrected chi connectivity index (χ4v) is 2.05.